The molecule has 2 aliphatic carbocycles. The number of hydrogen-bond acceptors (Lipinski definition) is 4. The van der Waals surface area contributed by atoms with Crippen molar-refractivity contribution in [3.05, 3.63) is 39.8 Å². The Kier molecular flexibility index (Phi) is 4.81. The largest absolute Gasteiger partial charge is 0.396 e. The summed E-state index contributed by atoms with van der Waals surface area (Å²) in [5, 5.41) is 13.1. The zero-order valence-electron chi connectivity index (χ0n) is 17.3. The Hall–Kier alpha value is -2.41. The number of aliphatic hydroxyl groups excluding tert-OH is 1. The quantitative estimate of drug-likeness (QED) is 0.767. The van der Waals surface area contributed by atoms with Gasteiger partial charge >= 0.3 is 0 Å². The lowest BCUT2D eigenvalue weighted by molar-refractivity contribution is -0.138. The van der Waals surface area contributed by atoms with E-state index >= 15 is 0 Å². The number of amides is 2. The molecule has 1 aromatic rings. The standard InChI is InChI=1S/C23H29N3O4/c1-2-24-21(28)19-16(12-27)18-11-25-17(20(19)26(18)22(29)14-7-8-14)10-9-15(23(25)30)13-5-3-4-6-13/h5,9-10,14,16,18-20,27H,2-4,6-8,11-12H2,1H3,(H,24,28)/t16-,18-,19+,20+/m1/s1. The van der Waals surface area contributed by atoms with Crippen molar-refractivity contribution in [3.8, 4) is 0 Å². The van der Waals surface area contributed by atoms with E-state index in [1.54, 1.807) is 4.57 Å². The average Bonchev–Trinajstić information content (AvgIpc) is 3.39. The third kappa shape index (κ3) is 2.86. The van der Waals surface area contributed by atoms with Crippen LogP contribution in [0.1, 0.15) is 56.3 Å². The number of carbonyl (C=O) groups excluding carboxylic acids is 2. The minimum absolute atomic E-state index is 0.0171. The van der Waals surface area contributed by atoms with Crippen LogP contribution < -0.4 is 10.9 Å². The Labute approximate surface area is 175 Å². The van der Waals surface area contributed by atoms with Gasteiger partial charge < -0.3 is 19.9 Å². The first-order valence-corrected chi connectivity index (χ1v) is 11.2. The lowest BCUT2D eigenvalue weighted by atomic mass is 9.86. The maximum atomic E-state index is 13.4. The van der Waals surface area contributed by atoms with Gasteiger partial charge in [-0.25, -0.2) is 0 Å². The van der Waals surface area contributed by atoms with E-state index in [-0.39, 0.29) is 41.9 Å². The minimum atomic E-state index is -0.549. The molecule has 30 heavy (non-hydrogen) atoms. The lowest BCUT2D eigenvalue weighted by Crippen LogP contribution is -2.50. The number of aliphatic hydroxyl groups is 1. The van der Waals surface area contributed by atoms with Crippen LogP contribution in [0.2, 0.25) is 0 Å². The van der Waals surface area contributed by atoms with Gasteiger partial charge in [0.15, 0.2) is 0 Å². The summed E-state index contributed by atoms with van der Waals surface area (Å²) in [7, 11) is 0. The van der Waals surface area contributed by atoms with Crippen molar-refractivity contribution >= 4 is 17.4 Å². The highest BCUT2D eigenvalue weighted by atomic mass is 16.3. The molecule has 7 nitrogen and oxygen atoms in total. The summed E-state index contributed by atoms with van der Waals surface area (Å²) < 4.78 is 1.77. The number of fused-ring (bicyclic) bond motifs is 4. The van der Waals surface area contributed by atoms with Gasteiger partial charge in [0.2, 0.25) is 11.8 Å². The highest BCUT2D eigenvalue weighted by Crippen LogP contribution is 2.50. The van der Waals surface area contributed by atoms with Crippen LogP contribution in [0.25, 0.3) is 5.57 Å². The van der Waals surface area contributed by atoms with E-state index in [1.807, 2.05) is 24.0 Å². The minimum Gasteiger partial charge on any atom is -0.396 e. The molecule has 2 amide bonds. The first kappa shape index (κ1) is 19.5. The summed E-state index contributed by atoms with van der Waals surface area (Å²) in [6.45, 7) is 2.50. The third-order valence-corrected chi connectivity index (χ3v) is 7.27. The molecule has 0 unspecified atom stereocenters. The van der Waals surface area contributed by atoms with Crippen molar-refractivity contribution in [1.29, 1.82) is 0 Å². The Morgan fingerprint density at radius 3 is 2.70 bits per heavy atom. The molecule has 1 aromatic heterocycles. The zero-order valence-corrected chi connectivity index (χ0v) is 17.3. The van der Waals surface area contributed by atoms with E-state index in [0.29, 0.717) is 13.1 Å². The van der Waals surface area contributed by atoms with Gasteiger partial charge in [0.05, 0.1) is 18.0 Å². The van der Waals surface area contributed by atoms with Crippen LogP contribution in [0.4, 0.5) is 0 Å². The van der Waals surface area contributed by atoms with Crippen molar-refractivity contribution in [1.82, 2.24) is 14.8 Å². The first-order chi connectivity index (χ1) is 14.6. The predicted molar refractivity (Wildman–Crippen MR) is 111 cm³/mol. The van der Waals surface area contributed by atoms with E-state index in [1.165, 1.54) is 0 Å². The molecular formula is C23H29N3O4. The van der Waals surface area contributed by atoms with E-state index < -0.39 is 12.0 Å². The SMILES string of the molecule is CCNC(=O)[C@H]1[C@H](CO)[C@H]2Cn3c(ccc(C4=CCCC4)c3=O)[C@@H]1N2C(=O)C1CC1. The van der Waals surface area contributed by atoms with Crippen LogP contribution in [-0.2, 0) is 16.1 Å². The van der Waals surface area contributed by atoms with E-state index in [9.17, 15) is 19.5 Å². The van der Waals surface area contributed by atoms with Crippen molar-refractivity contribution < 1.29 is 14.7 Å². The van der Waals surface area contributed by atoms with Crippen LogP contribution in [0.15, 0.2) is 23.0 Å². The van der Waals surface area contributed by atoms with Gasteiger partial charge in [-0.2, -0.15) is 0 Å². The molecule has 3 heterocycles. The Bertz CT molecular complexity index is 977. The number of aromatic nitrogens is 1. The Morgan fingerprint density at radius 2 is 2.07 bits per heavy atom. The second-order valence-electron chi connectivity index (χ2n) is 9.01. The second kappa shape index (κ2) is 7.38. The second-order valence-corrected chi connectivity index (χ2v) is 9.01. The molecule has 0 spiro atoms. The lowest BCUT2D eigenvalue weighted by Gasteiger charge is -2.38. The number of nitrogens with zero attached hydrogens (tertiary/aromatic N) is 2. The fourth-order valence-electron chi connectivity index (χ4n) is 5.70. The molecule has 7 heteroatoms. The van der Waals surface area contributed by atoms with E-state index in [2.05, 4.69) is 11.4 Å². The zero-order chi connectivity index (χ0) is 21.0. The monoisotopic (exact) mass is 411 g/mol. The Morgan fingerprint density at radius 1 is 1.27 bits per heavy atom. The molecule has 2 aliphatic heterocycles. The topological polar surface area (TPSA) is 91.6 Å². The van der Waals surface area contributed by atoms with Crippen molar-refractivity contribution in [2.75, 3.05) is 13.2 Å². The van der Waals surface area contributed by atoms with Gasteiger partial charge in [-0.3, -0.25) is 14.4 Å². The fourth-order valence-corrected chi connectivity index (χ4v) is 5.70. The number of hydrogen-bond donors (Lipinski definition) is 2. The van der Waals surface area contributed by atoms with Crippen molar-refractivity contribution in [3.63, 3.8) is 0 Å². The van der Waals surface area contributed by atoms with Gasteiger partial charge in [0.25, 0.3) is 5.56 Å². The summed E-state index contributed by atoms with van der Waals surface area (Å²) in [4.78, 5) is 41.5. The molecule has 160 valence electrons. The fraction of sp³-hybridized carbons (Fsp3) is 0.609. The molecule has 4 aliphatic rings. The summed E-state index contributed by atoms with van der Waals surface area (Å²) in [5.41, 5.74) is 2.51. The maximum absolute atomic E-state index is 13.4. The van der Waals surface area contributed by atoms with Crippen LogP contribution in [0, 0.1) is 17.8 Å². The number of nitrogens with one attached hydrogen (secondary N) is 1. The molecule has 2 N–H and O–H groups in total. The average molecular weight is 412 g/mol. The highest BCUT2D eigenvalue weighted by Gasteiger charge is 2.58. The number of rotatable bonds is 5. The van der Waals surface area contributed by atoms with Gasteiger partial charge in [0.1, 0.15) is 0 Å². The summed E-state index contributed by atoms with van der Waals surface area (Å²) in [6, 6.07) is 2.96. The molecule has 0 aromatic carbocycles. The van der Waals surface area contributed by atoms with Crippen LogP contribution in [0.5, 0.6) is 0 Å². The first-order valence-electron chi connectivity index (χ1n) is 11.2. The Balaban J connectivity index is 1.63. The molecule has 2 fully saturated rings. The van der Waals surface area contributed by atoms with Gasteiger partial charge in [-0.05, 0) is 56.7 Å². The third-order valence-electron chi connectivity index (χ3n) is 7.27. The highest BCUT2D eigenvalue weighted by molar-refractivity contribution is 5.86. The smallest absolute Gasteiger partial charge is 0.258 e. The van der Waals surface area contributed by atoms with Crippen molar-refractivity contribution in [2.45, 2.75) is 57.7 Å². The number of allylic oxidation sites excluding steroid dienone is 2. The van der Waals surface area contributed by atoms with Crippen LogP contribution >= 0.6 is 0 Å². The molecule has 1 saturated heterocycles. The van der Waals surface area contributed by atoms with Gasteiger partial charge in [0, 0.05) is 42.8 Å². The number of pyridine rings is 1. The molecular weight excluding hydrogens is 382 g/mol. The number of carbonyl (C=O) groups is 2. The van der Waals surface area contributed by atoms with Gasteiger partial charge in [-0.15, -0.1) is 0 Å². The summed E-state index contributed by atoms with van der Waals surface area (Å²) in [6.07, 6.45) is 6.87. The predicted octanol–water partition coefficient (Wildman–Crippen LogP) is 1.45. The normalized spacial score (nSPS) is 29.5. The molecule has 0 radical (unpaired) electrons. The maximum Gasteiger partial charge on any atom is 0.258 e. The summed E-state index contributed by atoms with van der Waals surface area (Å²) in [5.74, 6) is -0.994. The molecule has 2 bridgehead atoms. The van der Waals surface area contributed by atoms with Crippen LogP contribution in [-0.4, -0.2) is 45.6 Å². The molecule has 1 saturated carbocycles. The summed E-state index contributed by atoms with van der Waals surface area (Å²) >= 11 is 0. The molecule has 5 rings (SSSR count). The van der Waals surface area contributed by atoms with Crippen LogP contribution in [0.3, 0.4) is 0 Å². The van der Waals surface area contributed by atoms with Gasteiger partial charge in [-0.1, -0.05) is 6.08 Å². The molecule has 4 atom stereocenters. The van der Waals surface area contributed by atoms with E-state index in [0.717, 1.165) is 48.9 Å². The van der Waals surface area contributed by atoms with Crippen molar-refractivity contribution in [2.24, 2.45) is 17.8 Å². The van der Waals surface area contributed by atoms with E-state index in [4.69, 9.17) is 0 Å².